The topological polar surface area (TPSA) is 20.2 Å². The lowest BCUT2D eigenvalue weighted by molar-refractivity contribution is 0.200. The highest BCUT2D eigenvalue weighted by atomic mass is 35.5. The van der Waals surface area contributed by atoms with Gasteiger partial charge in [0.05, 0.1) is 11.1 Å². The van der Waals surface area contributed by atoms with Gasteiger partial charge in [-0.05, 0) is 48.4 Å². The van der Waals surface area contributed by atoms with Crippen LogP contribution in [-0.2, 0) is 6.42 Å². The molecule has 0 amide bonds. The predicted molar refractivity (Wildman–Crippen MR) is 83.3 cm³/mol. The number of rotatable bonds is 5. The number of aliphatic hydroxyl groups excluding tert-OH is 1. The fraction of sp³-hybridized carbons (Fsp3) is 0.200. The molecule has 0 aromatic heterocycles. The van der Waals surface area contributed by atoms with Gasteiger partial charge in [0.2, 0.25) is 0 Å². The van der Waals surface area contributed by atoms with E-state index in [1.54, 1.807) is 23.9 Å². The molecule has 0 heterocycles. The Kier molecular flexibility index (Phi) is 5.73. The molecule has 1 atom stereocenters. The molecule has 1 nitrogen and oxygen atoms in total. The van der Waals surface area contributed by atoms with Gasteiger partial charge in [-0.25, -0.2) is 4.39 Å². The van der Waals surface area contributed by atoms with Crippen molar-refractivity contribution in [3.05, 3.63) is 63.9 Å². The predicted octanol–water partition coefficient (Wildman–Crippen LogP) is 4.83. The van der Waals surface area contributed by atoms with Gasteiger partial charge in [0.25, 0.3) is 0 Å². The summed E-state index contributed by atoms with van der Waals surface area (Å²) in [6.07, 6.45) is -0.0714. The highest BCUT2D eigenvalue weighted by Crippen LogP contribution is 2.23. The molecule has 106 valence electrons. The van der Waals surface area contributed by atoms with Crippen molar-refractivity contribution in [2.24, 2.45) is 0 Å². The van der Waals surface area contributed by atoms with Crippen LogP contribution in [0.2, 0.25) is 10.0 Å². The number of benzene rings is 2. The summed E-state index contributed by atoms with van der Waals surface area (Å²) in [5, 5.41) is 10.8. The molecule has 2 aromatic carbocycles. The molecule has 1 N–H and O–H groups in total. The third-order valence-corrected chi connectivity index (χ3v) is 4.41. The van der Waals surface area contributed by atoms with E-state index < -0.39 is 11.9 Å². The lowest BCUT2D eigenvalue weighted by atomic mass is 10.1. The number of hydrogen-bond acceptors (Lipinski definition) is 2. The summed E-state index contributed by atoms with van der Waals surface area (Å²) in [5.74, 6) is 0.108. The zero-order valence-electron chi connectivity index (χ0n) is 10.5. The monoisotopic (exact) mass is 330 g/mol. The molecule has 0 aliphatic rings. The van der Waals surface area contributed by atoms with Gasteiger partial charge < -0.3 is 5.11 Å². The summed E-state index contributed by atoms with van der Waals surface area (Å²) < 4.78 is 13.0. The van der Waals surface area contributed by atoms with Gasteiger partial charge in [-0.15, -0.1) is 11.8 Å². The largest absolute Gasteiger partial charge is 0.392 e. The first kappa shape index (κ1) is 15.6. The average molecular weight is 331 g/mol. The van der Waals surface area contributed by atoms with Gasteiger partial charge in [-0.3, -0.25) is 0 Å². The van der Waals surface area contributed by atoms with E-state index in [9.17, 15) is 9.50 Å². The Morgan fingerprint density at radius 3 is 2.45 bits per heavy atom. The minimum atomic E-state index is -0.516. The quantitative estimate of drug-likeness (QED) is 0.792. The Balaban J connectivity index is 1.87. The maximum absolute atomic E-state index is 13.0. The van der Waals surface area contributed by atoms with Crippen LogP contribution in [0.4, 0.5) is 4.39 Å². The van der Waals surface area contributed by atoms with E-state index in [0.717, 1.165) is 10.5 Å². The van der Waals surface area contributed by atoms with Crippen molar-refractivity contribution >= 4 is 35.0 Å². The molecular weight excluding hydrogens is 318 g/mol. The molecule has 5 heteroatoms. The molecule has 0 saturated carbocycles. The van der Waals surface area contributed by atoms with Gasteiger partial charge in [-0.2, -0.15) is 0 Å². The lowest BCUT2D eigenvalue weighted by Crippen LogP contribution is -2.13. The van der Waals surface area contributed by atoms with Crippen LogP contribution >= 0.6 is 35.0 Å². The van der Waals surface area contributed by atoms with Crippen LogP contribution in [0, 0.1) is 5.82 Å². The molecule has 0 aliphatic heterocycles. The van der Waals surface area contributed by atoms with E-state index in [-0.39, 0.29) is 5.02 Å². The zero-order valence-corrected chi connectivity index (χ0v) is 12.9. The Bertz CT molecular complexity index is 575. The normalized spacial score (nSPS) is 12.4. The summed E-state index contributed by atoms with van der Waals surface area (Å²) in [5.41, 5.74) is 0.820. The van der Waals surface area contributed by atoms with E-state index >= 15 is 0 Å². The van der Waals surface area contributed by atoms with Gasteiger partial charge in [0, 0.05) is 15.7 Å². The molecule has 0 aliphatic carbocycles. The van der Waals surface area contributed by atoms with Gasteiger partial charge in [-0.1, -0.05) is 29.3 Å². The zero-order chi connectivity index (χ0) is 14.5. The Hall–Kier alpha value is -0.740. The molecule has 2 rings (SSSR count). The van der Waals surface area contributed by atoms with Crippen LogP contribution in [0.1, 0.15) is 5.56 Å². The molecule has 0 fully saturated rings. The lowest BCUT2D eigenvalue weighted by Gasteiger charge is -2.11. The number of halogens is 3. The Morgan fingerprint density at radius 1 is 1.10 bits per heavy atom. The second-order valence-electron chi connectivity index (χ2n) is 4.37. The van der Waals surface area contributed by atoms with E-state index in [4.69, 9.17) is 23.2 Å². The summed E-state index contributed by atoms with van der Waals surface area (Å²) in [6.45, 7) is 0. The van der Waals surface area contributed by atoms with Crippen molar-refractivity contribution < 1.29 is 9.50 Å². The highest BCUT2D eigenvalue weighted by Gasteiger charge is 2.08. The highest BCUT2D eigenvalue weighted by molar-refractivity contribution is 7.99. The second kappa shape index (κ2) is 7.32. The molecule has 0 radical (unpaired) electrons. The maximum Gasteiger partial charge on any atom is 0.141 e. The number of aliphatic hydroxyl groups is 1. The van der Waals surface area contributed by atoms with Crippen molar-refractivity contribution in [2.75, 3.05) is 5.75 Å². The first-order valence-corrected chi connectivity index (χ1v) is 7.79. The summed E-state index contributed by atoms with van der Waals surface area (Å²) in [4.78, 5) is 1.05. The van der Waals surface area contributed by atoms with Crippen LogP contribution in [0.15, 0.2) is 47.4 Å². The minimum absolute atomic E-state index is 0.0834. The van der Waals surface area contributed by atoms with Gasteiger partial charge >= 0.3 is 0 Å². The minimum Gasteiger partial charge on any atom is -0.392 e. The molecule has 0 spiro atoms. The summed E-state index contributed by atoms with van der Waals surface area (Å²) in [7, 11) is 0. The van der Waals surface area contributed by atoms with E-state index in [1.807, 2.05) is 24.3 Å². The summed E-state index contributed by atoms with van der Waals surface area (Å²) in [6, 6.07) is 12.0. The molecule has 0 bridgehead atoms. The third kappa shape index (κ3) is 4.67. The molecule has 1 unspecified atom stereocenters. The van der Waals surface area contributed by atoms with Crippen LogP contribution in [0.5, 0.6) is 0 Å². The molecule has 0 saturated heterocycles. The van der Waals surface area contributed by atoms with Crippen LogP contribution in [-0.4, -0.2) is 17.0 Å². The standard InChI is InChI=1S/C15H13Cl2FOS/c16-11-2-4-13(5-3-11)20-9-12(19)7-10-1-6-15(18)14(17)8-10/h1-6,8,12,19H,7,9H2. The van der Waals surface area contributed by atoms with Crippen molar-refractivity contribution in [3.63, 3.8) is 0 Å². The number of hydrogen-bond donors (Lipinski definition) is 1. The van der Waals surface area contributed by atoms with E-state index in [1.165, 1.54) is 6.07 Å². The summed E-state index contributed by atoms with van der Waals surface area (Å²) >= 11 is 13.1. The van der Waals surface area contributed by atoms with Gasteiger partial charge in [0.1, 0.15) is 5.82 Å². The van der Waals surface area contributed by atoms with Crippen molar-refractivity contribution in [2.45, 2.75) is 17.4 Å². The molecular formula is C15H13Cl2FOS. The van der Waals surface area contributed by atoms with E-state index in [0.29, 0.717) is 17.2 Å². The Morgan fingerprint density at radius 2 is 1.80 bits per heavy atom. The van der Waals surface area contributed by atoms with Crippen molar-refractivity contribution in [3.8, 4) is 0 Å². The van der Waals surface area contributed by atoms with Crippen molar-refractivity contribution in [1.82, 2.24) is 0 Å². The SMILES string of the molecule is OC(CSc1ccc(Cl)cc1)Cc1ccc(F)c(Cl)c1. The first-order chi connectivity index (χ1) is 9.54. The third-order valence-electron chi connectivity index (χ3n) is 2.71. The fourth-order valence-electron chi connectivity index (χ4n) is 1.72. The fourth-order valence-corrected chi connectivity index (χ4v) is 2.88. The van der Waals surface area contributed by atoms with E-state index in [2.05, 4.69) is 0 Å². The van der Waals surface area contributed by atoms with Crippen molar-refractivity contribution in [1.29, 1.82) is 0 Å². The maximum atomic E-state index is 13.0. The van der Waals surface area contributed by atoms with Crippen LogP contribution in [0.3, 0.4) is 0 Å². The second-order valence-corrected chi connectivity index (χ2v) is 6.31. The average Bonchev–Trinajstić information content (AvgIpc) is 2.42. The molecule has 2 aromatic rings. The Labute approximate surface area is 131 Å². The first-order valence-electron chi connectivity index (χ1n) is 6.05. The molecule has 20 heavy (non-hydrogen) atoms. The van der Waals surface area contributed by atoms with Crippen LogP contribution < -0.4 is 0 Å². The number of thioether (sulfide) groups is 1. The smallest absolute Gasteiger partial charge is 0.141 e. The van der Waals surface area contributed by atoms with Crippen LogP contribution in [0.25, 0.3) is 0 Å². The van der Waals surface area contributed by atoms with Gasteiger partial charge in [0.15, 0.2) is 0 Å².